The zero-order valence-electron chi connectivity index (χ0n) is 8.78. The Bertz CT molecular complexity index is 449. The largest absolute Gasteiger partial charge is 0.506 e. The summed E-state index contributed by atoms with van der Waals surface area (Å²) in [6.07, 6.45) is 3.33. The van der Waals surface area contributed by atoms with Crippen molar-refractivity contribution in [2.75, 3.05) is 0 Å². The molecule has 0 heterocycles. The summed E-state index contributed by atoms with van der Waals surface area (Å²) in [6.45, 7) is 0. The van der Waals surface area contributed by atoms with Crippen LogP contribution >= 0.6 is 15.9 Å². The molecule has 1 saturated carbocycles. The van der Waals surface area contributed by atoms with Crippen LogP contribution in [0.4, 0.5) is 0 Å². The van der Waals surface area contributed by atoms with E-state index in [9.17, 15) is 5.11 Å². The number of nitriles is 1. The maximum atomic E-state index is 9.94. The summed E-state index contributed by atoms with van der Waals surface area (Å²) >= 11 is 3.37. The van der Waals surface area contributed by atoms with Gasteiger partial charge in [-0.2, -0.15) is 5.26 Å². The van der Waals surface area contributed by atoms with Crippen LogP contribution in [0.3, 0.4) is 0 Å². The second-order valence-corrected chi connectivity index (χ2v) is 5.11. The molecular formula is C12H13BrN2O. The zero-order valence-corrected chi connectivity index (χ0v) is 10.4. The fraction of sp³-hybridized carbons (Fsp3) is 0.417. The van der Waals surface area contributed by atoms with Crippen LogP contribution in [-0.4, -0.2) is 5.11 Å². The van der Waals surface area contributed by atoms with Gasteiger partial charge in [0.2, 0.25) is 0 Å². The number of halogens is 1. The number of aromatic hydroxyl groups is 1. The van der Waals surface area contributed by atoms with Gasteiger partial charge in [0.05, 0.1) is 5.56 Å². The molecule has 0 unspecified atom stereocenters. The first-order valence-electron chi connectivity index (χ1n) is 5.30. The van der Waals surface area contributed by atoms with Gasteiger partial charge in [-0.3, -0.25) is 0 Å². The normalized spacial score (nSPS) is 16.8. The summed E-state index contributed by atoms with van der Waals surface area (Å²) in [5.41, 5.74) is 7.00. The van der Waals surface area contributed by atoms with Gasteiger partial charge in [0.1, 0.15) is 11.8 Å². The number of hydrogen-bond donors (Lipinski definition) is 2. The molecule has 3 nitrogen and oxygen atoms in total. The quantitative estimate of drug-likeness (QED) is 0.895. The molecule has 2 rings (SSSR count). The average Bonchev–Trinajstić information content (AvgIpc) is 3.02. The van der Waals surface area contributed by atoms with Crippen molar-refractivity contribution in [3.63, 3.8) is 0 Å². The lowest BCUT2D eigenvalue weighted by Crippen LogP contribution is -2.12. The molecule has 0 spiro atoms. The molecule has 0 saturated heterocycles. The van der Waals surface area contributed by atoms with Crippen LogP contribution < -0.4 is 5.73 Å². The van der Waals surface area contributed by atoms with Crippen LogP contribution in [0, 0.1) is 17.2 Å². The maximum absolute atomic E-state index is 9.94. The van der Waals surface area contributed by atoms with E-state index in [0.29, 0.717) is 11.5 Å². The van der Waals surface area contributed by atoms with Gasteiger partial charge >= 0.3 is 0 Å². The van der Waals surface area contributed by atoms with Crippen molar-refractivity contribution >= 4 is 15.9 Å². The molecule has 16 heavy (non-hydrogen) atoms. The van der Waals surface area contributed by atoms with Gasteiger partial charge in [-0.05, 0) is 24.5 Å². The number of phenols is 1. The Kier molecular flexibility index (Phi) is 3.17. The second-order valence-electron chi connectivity index (χ2n) is 4.25. The van der Waals surface area contributed by atoms with Gasteiger partial charge in [-0.15, -0.1) is 0 Å². The summed E-state index contributed by atoms with van der Waals surface area (Å²) < 4.78 is 0.775. The SMILES string of the molecule is N#Cc1ccc(Br)c([C@H](N)CC2CC2)c1O. The third-order valence-electron chi connectivity index (χ3n) is 2.94. The van der Waals surface area contributed by atoms with E-state index in [1.54, 1.807) is 12.1 Å². The Hall–Kier alpha value is -1.05. The topological polar surface area (TPSA) is 70.0 Å². The lowest BCUT2D eigenvalue weighted by atomic mass is 9.99. The minimum atomic E-state index is -0.199. The molecule has 84 valence electrons. The Morgan fingerprint density at radius 1 is 1.56 bits per heavy atom. The Labute approximate surface area is 103 Å². The van der Waals surface area contributed by atoms with E-state index >= 15 is 0 Å². The minimum Gasteiger partial charge on any atom is -0.506 e. The van der Waals surface area contributed by atoms with Crippen molar-refractivity contribution in [3.05, 3.63) is 27.7 Å². The van der Waals surface area contributed by atoms with Gasteiger partial charge < -0.3 is 10.8 Å². The van der Waals surface area contributed by atoms with Crippen molar-refractivity contribution in [3.8, 4) is 11.8 Å². The number of nitrogens with two attached hydrogens (primary N) is 1. The Morgan fingerprint density at radius 2 is 2.25 bits per heavy atom. The van der Waals surface area contributed by atoms with E-state index in [1.165, 1.54) is 12.8 Å². The lowest BCUT2D eigenvalue weighted by molar-refractivity contribution is 0.453. The highest BCUT2D eigenvalue weighted by Gasteiger charge is 2.27. The predicted octanol–water partition coefficient (Wildman–Crippen LogP) is 2.83. The average molecular weight is 281 g/mol. The van der Waals surface area contributed by atoms with E-state index in [1.807, 2.05) is 6.07 Å². The highest BCUT2D eigenvalue weighted by molar-refractivity contribution is 9.10. The van der Waals surface area contributed by atoms with Crippen LogP contribution in [0.25, 0.3) is 0 Å². The van der Waals surface area contributed by atoms with Gasteiger partial charge in [0.25, 0.3) is 0 Å². The van der Waals surface area contributed by atoms with Crippen molar-refractivity contribution in [2.24, 2.45) is 11.7 Å². The molecule has 1 aromatic carbocycles. The molecule has 4 heteroatoms. The van der Waals surface area contributed by atoms with Crippen LogP contribution in [0.5, 0.6) is 5.75 Å². The third kappa shape index (κ3) is 2.21. The van der Waals surface area contributed by atoms with E-state index in [-0.39, 0.29) is 17.4 Å². The fourth-order valence-electron chi connectivity index (χ4n) is 1.86. The van der Waals surface area contributed by atoms with E-state index < -0.39 is 0 Å². The molecule has 0 bridgehead atoms. The van der Waals surface area contributed by atoms with Crippen molar-refractivity contribution in [2.45, 2.75) is 25.3 Å². The third-order valence-corrected chi connectivity index (χ3v) is 3.63. The number of benzene rings is 1. The van der Waals surface area contributed by atoms with E-state index in [0.717, 1.165) is 10.9 Å². The molecule has 1 aromatic rings. The highest BCUT2D eigenvalue weighted by atomic mass is 79.9. The summed E-state index contributed by atoms with van der Waals surface area (Å²) in [5.74, 6) is 0.706. The zero-order chi connectivity index (χ0) is 11.7. The number of nitrogens with zero attached hydrogens (tertiary/aromatic N) is 1. The number of phenolic OH excluding ortho intramolecular Hbond substituents is 1. The summed E-state index contributed by atoms with van der Waals surface area (Å²) in [4.78, 5) is 0. The molecule has 0 aliphatic heterocycles. The van der Waals surface area contributed by atoms with Gasteiger partial charge in [-0.25, -0.2) is 0 Å². The fourth-order valence-corrected chi connectivity index (χ4v) is 2.47. The lowest BCUT2D eigenvalue weighted by Gasteiger charge is -2.15. The molecule has 1 aliphatic carbocycles. The molecule has 3 N–H and O–H groups in total. The maximum Gasteiger partial charge on any atom is 0.139 e. The van der Waals surface area contributed by atoms with Crippen LogP contribution in [0.15, 0.2) is 16.6 Å². The van der Waals surface area contributed by atoms with Crippen LogP contribution in [0.1, 0.15) is 36.4 Å². The molecular weight excluding hydrogens is 268 g/mol. The Balaban J connectivity index is 2.33. The van der Waals surface area contributed by atoms with E-state index in [4.69, 9.17) is 11.0 Å². The summed E-state index contributed by atoms with van der Waals surface area (Å²) in [5, 5.41) is 18.8. The second kappa shape index (κ2) is 4.44. The first-order chi connectivity index (χ1) is 7.63. The monoisotopic (exact) mass is 280 g/mol. The number of rotatable bonds is 3. The smallest absolute Gasteiger partial charge is 0.139 e. The molecule has 0 radical (unpaired) electrons. The highest BCUT2D eigenvalue weighted by Crippen LogP contribution is 2.41. The standard InChI is InChI=1S/C12H13BrN2O/c13-9-4-3-8(6-14)12(16)11(9)10(15)5-7-1-2-7/h3-4,7,10,16H,1-2,5,15H2/t10-/m1/s1. The van der Waals surface area contributed by atoms with Crippen molar-refractivity contribution < 1.29 is 5.11 Å². The predicted molar refractivity (Wildman–Crippen MR) is 64.8 cm³/mol. The van der Waals surface area contributed by atoms with Gasteiger partial charge in [-0.1, -0.05) is 28.8 Å². The first-order valence-corrected chi connectivity index (χ1v) is 6.09. The molecule has 1 fully saturated rings. The molecule has 0 amide bonds. The van der Waals surface area contributed by atoms with Crippen molar-refractivity contribution in [1.82, 2.24) is 0 Å². The Morgan fingerprint density at radius 3 is 2.81 bits per heavy atom. The van der Waals surface area contributed by atoms with Crippen molar-refractivity contribution in [1.29, 1.82) is 5.26 Å². The minimum absolute atomic E-state index is 0.0185. The first kappa shape index (κ1) is 11.4. The van der Waals surface area contributed by atoms with Gasteiger partial charge in [0.15, 0.2) is 0 Å². The summed E-state index contributed by atoms with van der Waals surface area (Å²) in [6, 6.07) is 5.12. The molecule has 0 aromatic heterocycles. The number of hydrogen-bond acceptors (Lipinski definition) is 3. The van der Waals surface area contributed by atoms with Crippen LogP contribution in [0.2, 0.25) is 0 Å². The molecule has 1 aliphatic rings. The molecule has 1 atom stereocenters. The van der Waals surface area contributed by atoms with E-state index in [2.05, 4.69) is 15.9 Å². The van der Waals surface area contributed by atoms with Gasteiger partial charge in [0, 0.05) is 16.1 Å². The van der Waals surface area contributed by atoms with Crippen LogP contribution in [-0.2, 0) is 0 Å². The summed E-state index contributed by atoms with van der Waals surface area (Å²) in [7, 11) is 0.